The Labute approximate surface area is 311 Å². The maximum Gasteiger partial charge on any atom is 0.355 e. The first-order chi connectivity index (χ1) is 25.1. The summed E-state index contributed by atoms with van der Waals surface area (Å²) in [6.07, 6.45) is 0.552. The van der Waals surface area contributed by atoms with Gasteiger partial charge in [-0.2, -0.15) is 5.10 Å². The van der Waals surface area contributed by atoms with Crippen LogP contribution in [0, 0.1) is 6.92 Å². The normalized spacial score (nSPS) is 11.3. The van der Waals surface area contributed by atoms with Crippen LogP contribution in [-0.4, -0.2) is 52.2 Å². The maximum atomic E-state index is 13.5. The number of halogens is 1. The molecule has 0 atom stereocenters. The number of nitrogens with zero attached hydrogens (tertiary/aromatic N) is 3. The molecule has 270 valence electrons. The largest absolute Gasteiger partial charge is 0.497 e. The van der Waals surface area contributed by atoms with Gasteiger partial charge in [-0.25, -0.2) is 4.79 Å². The number of aliphatic hydroxyl groups is 1. The number of amides is 1. The van der Waals surface area contributed by atoms with E-state index in [9.17, 15) is 14.7 Å². The van der Waals surface area contributed by atoms with E-state index >= 15 is 0 Å². The number of carbonyl (C=O) groups is 2. The van der Waals surface area contributed by atoms with Crippen LogP contribution < -0.4 is 14.8 Å². The lowest BCUT2D eigenvalue weighted by molar-refractivity contribution is -0.119. The fourth-order valence-corrected chi connectivity index (χ4v) is 7.73. The number of rotatable bonds is 14. The molecule has 2 heterocycles. The van der Waals surface area contributed by atoms with Crippen molar-refractivity contribution < 1.29 is 28.9 Å². The van der Waals surface area contributed by atoms with Crippen LogP contribution in [0.4, 0.5) is 0 Å². The Morgan fingerprint density at radius 1 is 1.02 bits per heavy atom. The second kappa shape index (κ2) is 16.1. The molecule has 0 aliphatic heterocycles. The van der Waals surface area contributed by atoms with Crippen molar-refractivity contribution in [3.63, 3.8) is 0 Å². The van der Waals surface area contributed by atoms with Crippen LogP contribution in [0.15, 0.2) is 77.7 Å². The van der Waals surface area contributed by atoms with Gasteiger partial charge in [0.15, 0.2) is 0 Å². The number of thioether (sulfide) groups is 1. The molecule has 12 heteroatoms. The summed E-state index contributed by atoms with van der Waals surface area (Å²) in [6.45, 7) is 3.86. The summed E-state index contributed by atoms with van der Waals surface area (Å²) in [6, 6.07) is 24.1. The number of fused-ring (bicyclic) bond motifs is 2. The Kier molecular flexibility index (Phi) is 11.4. The van der Waals surface area contributed by atoms with Crippen molar-refractivity contribution in [2.45, 2.75) is 50.6 Å². The van der Waals surface area contributed by atoms with E-state index in [-0.39, 0.29) is 19.1 Å². The number of hydrogen-bond donors (Lipinski definition) is 2. The van der Waals surface area contributed by atoms with Crippen LogP contribution in [0.1, 0.15) is 46.3 Å². The first-order valence-corrected chi connectivity index (χ1v) is 18.2. The van der Waals surface area contributed by atoms with Crippen molar-refractivity contribution >= 4 is 56.9 Å². The number of benzene rings is 4. The zero-order chi connectivity index (χ0) is 36.9. The first kappa shape index (κ1) is 36.8. The highest BCUT2D eigenvalue weighted by atomic mass is 35.5. The Morgan fingerprint density at radius 2 is 1.79 bits per heavy atom. The number of methoxy groups -OCH3 is 2. The summed E-state index contributed by atoms with van der Waals surface area (Å²) >= 11 is 8.66. The van der Waals surface area contributed by atoms with Gasteiger partial charge < -0.3 is 29.2 Å². The van der Waals surface area contributed by atoms with E-state index in [1.54, 1.807) is 36.7 Å². The molecule has 6 aromatic rings. The fraction of sp³-hybridized carbons (Fsp3) is 0.275. The van der Waals surface area contributed by atoms with Crippen molar-refractivity contribution in [2.24, 2.45) is 7.05 Å². The number of aliphatic hydroxyl groups excluding tert-OH is 1. The minimum Gasteiger partial charge on any atom is -0.497 e. The minimum absolute atomic E-state index is 0.0633. The molecule has 0 aliphatic carbocycles. The highest BCUT2D eigenvalue weighted by Gasteiger charge is 2.29. The predicted molar refractivity (Wildman–Crippen MR) is 205 cm³/mol. The third-order valence-corrected chi connectivity index (χ3v) is 10.5. The third kappa shape index (κ3) is 7.48. The second-order valence-corrected chi connectivity index (χ2v) is 13.8. The zero-order valence-electron chi connectivity index (χ0n) is 29.8. The SMILES string of the molecule is COC(=O)c1c(CNC(C)=O)c2c(-c3c(CO)nn(C)c3C)c(Cl)ccc2n1CCCOc1cc(SCc2ccc(OC)cc2)cc2ccccc12. The van der Waals surface area contributed by atoms with Gasteiger partial charge in [-0.15, -0.1) is 11.8 Å². The lowest BCUT2D eigenvalue weighted by Gasteiger charge is -2.14. The minimum atomic E-state index is -0.544. The van der Waals surface area contributed by atoms with Crippen molar-refractivity contribution in [1.82, 2.24) is 19.7 Å². The molecule has 0 saturated heterocycles. The Hall–Kier alpha value is -4.97. The predicted octanol–water partition coefficient (Wildman–Crippen LogP) is 7.84. The highest BCUT2D eigenvalue weighted by molar-refractivity contribution is 7.98. The summed E-state index contributed by atoms with van der Waals surface area (Å²) in [7, 11) is 4.80. The molecule has 52 heavy (non-hydrogen) atoms. The number of ether oxygens (including phenoxy) is 3. The smallest absolute Gasteiger partial charge is 0.355 e. The Bertz CT molecular complexity index is 2260. The molecule has 2 aromatic heterocycles. The van der Waals surface area contributed by atoms with Gasteiger partial charge in [0.05, 0.1) is 33.1 Å². The molecule has 0 spiro atoms. The van der Waals surface area contributed by atoms with Crippen LogP contribution in [0.5, 0.6) is 11.5 Å². The van der Waals surface area contributed by atoms with Crippen LogP contribution >= 0.6 is 23.4 Å². The van der Waals surface area contributed by atoms with Crippen molar-refractivity contribution in [2.75, 3.05) is 20.8 Å². The maximum absolute atomic E-state index is 13.5. The molecule has 10 nitrogen and oxygen atoms in total. The van der Waals surface area contributed by atoms with Gasteiger partial charge in [-0.1, -0.05) is 48.0 Å². The highest BCUT2D eigenvalue weighted by Crippen LogP contribution is 2.43. The second-order valence-electron chi connectivity index (χ2n) is 12.4. The van der Waals surface area contributed by atoms with Crippen molar-refractivity contribution in [3.8, 4) is 22.6 Å². The topological polar surface area (TPSA) is 117 Å². The van der Waals surface area contributed by atoms with Gasteiger partial charge in [0, 0.05) is 81.4 Å². The molecule has 0 unspecified atom stereocenters. The van der Waals surface area contributed by atoms with E-state index in [1.165, 1.54) is 19.6 Å². The van der Waals surface area contributed by atoms with E-state index in [4.69, 9.17) is 25.8 Å². The first-order valence-electron chi connectivity index (χ1n) is 16.9. The Balaban J connectivity index is 1.33. The van der Waals surface area contributed by atoms with Crippen molar-refractivity contribution in [3.05, 3.63) is 106 Å². The summed E-state index contributed by atoms with van der Waals surface area (Å²) < 4.78 is 20.7. The molecule has 0 radical (unpaired) electrons. The summed E-state index contributed by atoms with van der Waals surface area (Å²) in [5, 5.41) is 20.8. The average Bonchev–Trinajstić information content (AvgIpc) is 3.63. The third-order valence-electron chi connectivity index (χ3n) is 9.13. The van der Waals surface area contributed by atoms with Gasteiger partial charge in [0.1, 0.15) is 17.2 Å². The standard InChI is InChI=1S/C40H41ClN4O6S/c1-24-36(33(22-46)43-44(24)3)38-32(41)15-16-34-37(38)31(21-42-25(2)47)39(40(48)50-5)45(34)17-8-18-51-35-20-29(19-27-9-6-7-10-30(27)35)52-23-26-11-13-28(49-4)14-12-26/h6-7,9-16,19-20,46H,8,17-18,21-23H2,1-5H3,(H,42,47). The van der Waals surface area contributed by atoms with E-state index in [1.807, 2.05) is 41.8 Å². The molecule has 4 aromatic carbocycles. The summed E-state index contributed by atoms with van der Waals surface area (Å²) in [5.41, 5.74) is 5.35. The zero-order valence-corrected chi connectivity index (χ0v) is 31.4. The molecular weight excluding hydrogens is 700 g/mol. The lowest BCUT2D eigenvalue weighted by Crippen LogP contribution is -2.22. The van der Waals surface area contributed by atoms with E-state index in [2.05, 4.69) is 46.8 Å². The van der Waals surface area contributed by atoms with Crippen LogP contribution in [0.2, 0.25) is 5.02 Å². The van der Waals surface area contributed by atoms with E-state index in [0.29, 0.717) is 58.1 Å². The molecule has 1 amide bonds. The van der Waals surface area contributed by atoms with Crippen LogP contribution in [0.3, 0.4) is 0 Å². The number of nitrogens with one attached hydrogen (secondary N) is 1. The molecule has 0 aliphatic rings. The van der Waals surface area contributed by atoms with Gasteiger partial charge in [0.2, 0.25) is 5.91 Å². The Morgan fingerprint density at radius 3 is 2.50 bits per heavy atom. The molecule has 0 fully saturated rings. The van der Waals surface area contributed by atoms with Crippen molar-refractivity contribution in [1.29, 1.82) is 0 Å². The molecule has 0 saturated carbocycles. The van der Waals surface area contributed by atoms with Gasteiger partial charge in [-0.3, -0.25) is 9.48 Å². The monoisotopic (exact) mass is 740 g/mol. The summed E-state index contributed by atoms with van der Waals surface area (Å²) in [5.74, 6) is 1.61. The number of aromatic nitrogens is 3. The lowest BCUT2D eigenvalue weighted by atomic mass is 9.96. The van der Waals surface area contributed by atoms with Gasteiger partial charge in [-0.05, 0) is 60.7 Å². The summed E-state index contributed by atoms with van der Waals surface area (Å²) in [4.78, 5) is 26.8. The molecule has 6 rings (SSSR count). The van der Waals surface area contributed by atoms with Crippen LogP contribution in [-0.2, 0) is 42.0 Å². The van der Waals surface area contributed by atoms with E-state index < -0.39 is 5.97 Å². The number of aryl methyl sites for hydroxylation is 2. The van der Waals surface area contributed by atoms with E-state index in [0.717, 1.165) is 44.1 Å². The molecular formula is C40H41ClN4O6S. The van der Waals surface area contributed by atoms with Gasteiger partial charge >= 0.3 is 5.97 Å². The fourth-order valence-electron chi connectivity index (χ4n) is 6.55. The molecule has 2 N–H and O–H groups in total. The quantitative estimate of drug-likeness (QED) is 0.0660. The number of hydrogen-bond acceptors (Lipinski definition) is 8. The molecule has 0 bridgehead atoms. The van der Waals surface area contributed by atoms with Gasteiger partial charge in [0.25, 0.3) is 0 Å². The number of carbonyl (C=O) groups excluding carboxylic acids is 2. The average molecular weight is 741 g/mol. The van der Waals surface area contributed by atoms with Crippen LogP contribution in [0.25, 0.3) is 32.8 Å². The number of esters is 1.